The van der Waals surface area contributed by atoms with Crippen molar-refractivity contribution in [1.82, 2.24) is 4.90 Å². The fourth-order valence-electron chi connectivity index (χ4n) is 1.51. The highest BCUT2D eigenvalue weighted by atomic mass is 15.2. The molecular weight excluding hydrogens is 160 g/mol. The topological polar surface area (TPSA) is 29.3 Å². The van der Waals surface area contributed by atoms with Crippen molar-refractivity contribution < 1.29 is 0 Å². The molecule has 0 bridgehead atoms. The fraction of sp³-hybridized carbons (Fsp3) is 1.00. The minimum atomic E-state index is 0.134. The molecule has 0 heterocycles. The molecule has 1 rings (SSSR count). The zero-order chi connectivity index (χ0) is 10.1. The Kier molecular flexibility index (Phi) is 3.36. The molecule has 1 aliphatic rings. The van der Waals surface area contributed by atoms with Gasteiger partial charge in [0.2, 0.25) is 0 Å². The summed E-state index contributed by atoms with van der Waals surface area (Å²) in [6, 6.07) is 0.308. The predicted octanol–water partition coefficient (Wildman–Crippen LogP) is 1.84. The van der Waals surface area contributed by atoms with Gasteiger partial charge in [0, 0.05) is 11.6 Å². The zero-order valence-electron chi connectivity index (χ0n) is 9.51. The van der Waals surface area contributed by atoms with E-state index in [-0.39, 0.29) is 5.54 Å². The molecule has 1 atom stereocenters. The number of nitrogens with zero attached hydrogens (tertiary/aromatic N) is 1. The van der Waals surface area contributed by atoms with Crippen LogP contribution in [0.5, 0.6) is 0 Å². The van der Waals surface area contributed by atoms with Crippen molar-refractivity contribution in [2.75, 3.05) is 14.1 Å². The van der Waals surface area contributed by atoms with E-state index in [1.165, 1.54) is 25.7 Å². The number of hydrogen-bond acceptors (Lipinski definition) is 2. The molecule has 13 heavy (non-hydrogen) atoms. The fourth-order valence-corrected chi connectivity index (χ4v) is 1.51. The normalized spacial score (nSPS) is 20.8. The molecule has 0 saturated heterocycles. The molecule has 0 aromatic heterocycles. The Labute approximate surface area is 82.5 Å². The summed E-state index contributed by atoms with van der Waals surface area (Å²) in [5.41, 5.74) is 6.32. The SMILES string of the molecule is CN(C)C(C)(C)C(N)CCC1CC1. The number of hydrogen-bond donors (Lipinski definition) is 1. The van der Waals surface area contributed by atoms with Gasteiger partial charge in [0.05, 0.1) is 0 Å². The summed E-state index contributed by atoms with van der Waals surface area (Å²) >= 11 is 0. The maximum Gasteiger partial charge on any atom is 0.0298 e. The lowest BCUT2D eigenvalue weighted by molar-refractivity contribution is 0.151. The van der Waals surface area contributed by atoms with Gasteiger partial charge in [0.1, 0.15) is 0 Å². The first-order valence-electron chi connectivity index (χ1n) is 5.37. The van der Waals surface area contributed by atoms with Gasteiger partial charge in [0.15, 0.2) is 0 Å². The van der Waals surface area contributed by atoms with E-state index in [0.29, 0.717) is 6.04 Å². The monoisotopic (exact) mass is 184 g/mol. The second-order valence-electron chi connectivity index (χ2n) is 5.18. The lowest BCUT2D eigenvalue weighted by Crippen LogP contribution is -2.53. The van der Waals surface area contributed by atoms with E-state index >= 15 is 0 Å². The largest absolute Gasteiger partial charge is 0.326 e. The molecule has 0 amide bonds. The van der Waals surface area contributed by atoms with Crippen LogP contribution in [0.15, 0.2) is 0 Å². The summed E-state index contributed by atoms with van der Waals surface area (Å²) in [6.45, 7) is 4.45. The Bertz CT molecular complexity index is 159. The second-order valence-corrected chi connectivity index (χ2v) is 5.18. The smallest absolute Gasteiger partial charge is 0.0298 e. The van der Waals surface area contributed by atoms with Gasteiger partial charge in [-0.3, -0.25) is 0 Å². The molecule has 0 aromatic carbocycles. The van der Waals surface area contributed by atoms with Crippen molar-refractivity contribution in [3.05, 3.63) is 0 Å². The summed E-state index contributed by atoms with van der Waals surface area (Å²) in [5.74, 6) is 1.00. The summed E-state index contributed by atoms with van der Waals surface area (Å²) in [4.78, 5) is 2.23. The number of nitrogens with two attached hydrogens (primary N) is 1. The molecule has 2 nitrogen and oxygen atoms in total. The molecule has 0 spiro atoms. The van der Waals surface area contributed by atoms with E-state index in [0.717, 1.165) is 5.92 Å². The minimum Gasteiger partial charge on any atom is -0.326 e. The molecule has 1 unspecified atom stereocenters. The van der Waals surface area contributed by atoms with E-state index < -0.39 is 0 Å². The maximum atomic E-state index is 6.19. The molecule has 1 aliphatic carbocycles. The van der Waals surface area contributed by atoms with Crippen molar-refractivity contribution in [3.63, 3.8) is 0 Å². The number of likely N-dealkylation sites (N-methyl/N-ethyl adjacent to an activating group) is 1. The van der Waals surface area contributed by atoms with Crippen molar-refractivity contribution in [3.8, 4) is 0 Å². The van der Waals surface area contributed by atoms with Gasteiger partial charge >= 0.3 is 0 Å². The highest BCUT2D eigenvalue weighted by Gasteiger charge is 2.30. The molecule has 78 valence electrons. The molecule has 0 aromatic rings. The van der Waals surface area contributed by atoms with Crippen LogP contribution in [0.1, 0.15) is 39.5 Å². The molecular formula is C11H24N2. The third-order valence-corrected chi connectivity index (χ3v) is 3.64. The molecule has 0 radical (unpaired) electrons. The van der Waals surface area contributed by atoms with Crippen LogP contribution >= 0.6 is 0 Å². The van der Waals surface area contributed by atoms with Gasteiger partial charge in [-0.2, -0.15) is 0 Å². The van der Waals surface area contributed by atoms with Gasteiger partial charge in [0.25, 0.3) is 0 Å². The standard InChI is InChI=1S/C11H24N2/c1-11(2,13(3)4)10(12)8-7-9-5-6-9/h9-10H,5-8,12H2,1-4H3. The van der Waals surface area contributed by atoms with E-state index in [9.17, 15) is 0 Å². The lowest BCUT2D eigenvalue weighted by Gasteiger charge is -2.38. The van der Waals surface area contributed by atoms with Crippen LogP contribution in [0, 0.1) is 5.92 Å². The van der Waals surface area contributed by atoms with Gasteiger partial charge in [-0.1, -0.05) is 12.8 Å². The summed E-state index contributed by atoms with van der Waals surface area (Å²) in [5, 5.41) is 0. The van der Waals surface area contributed by atoms with Gasteiger partial charge in [-0.15, -0.1) is 0 Å². The Morgan fingerprint density at radius 1 is 1.38 bits per heavy atom. The summed E-state index contributed by atoms with van der Waals surface area (Å²) < 4.78 is 0. The third-order valence-electron chi connectivity index (χ3n) is 3.64. The Morgan fingerprint density at radius 3 is 2.31 bits per heavy atom. The van der Waals surface area contributed by atoms with Crippen LogP contribution in [0.25, 0.3) is 0 Å². The average Bonchev–Trinajstić information content (AvgIpc) is 2.82. The van der Waals surface area contributed by atoms with E-state index in [1.54, 1.807) is 0 Å². The first-order chi connectivity index (χ1) is 5.94. The van der Waals surface area contributed by atoms with Crippen molar-refractivity contribution in [2.24, 2.45) is 11.7 Å². The second kappa shape index (κ2) is 3.97. The minimum absolute atomic E-state index is 0.134. The first kappa shape index (κ1) is 11.0. The van der Waals surface area contributed by atoms with Crippen molar-refractivity contribution in [1.29, 1.82) is 0 Å². The quantitative estimate of drug-likeness (QED) is 0.706. The van der Waals surface area contributed by atoms with Crippen LogP contribution in [-0.2, 0) is 0 Å². The van der Waals surface area contributed by atoms with Crippen molar-refractivity contribution in [2.45, 2.75) is 51.1 Å². The van der Waals surface area contributed by atoms with Crippen molar-refractivity contribution >= 4 is 0 Å². The zero-order valence-corrected chi connectivity index (χ0v) is 9.51. The van der Waals surface area contributed by atoms with Crippen LogP contribution < -0.4 is 5.73 Å². The maximum absolute atomic E-state index is 6.19. The number of rotatable bonds is 5. The van der Waals surface area contributed by atoms with E-state index in [1.807, 2.05) is 0 Å². The Morgan fingerprint density at radius 2 is 1.92 bits per heavy atom. The van der Waals surface area contributed by atoms with Crippen LogP contribution in [0.3, 0.4) is 0 Å². The molecule has 2 heteroatoms. The van der Waals surface area contributed by atoms with E-state index in [4.69, 9.17) is 5.73 Å². The first-order valence-corrected chi connectivity index (χ1v) is 5.37. The molecule has 1 saturated carbocycles. The van der Waals surface area contributed by atoms with Crippen LogP contribution in [-0.4, -0.2) is 30.6 Å². The molecule has 1 fully saturated rings. The summed E-state index contributed by atoms with van der Waals surface area (Å²) in [7, 11) is 4.22. The van der Waals surface area contributed by atoms with Gasteiger partial charge in [-0.25, -0.2) is 0 Å². The average molecular weight is 184 g/mol. The Hall–Kier alpha value is -0.0800. The molecule has 0 aliphatic heterocycles. The molecule has 2 N–H and O–H groups in total. The van der Waals surface area contributed by atoms with E-state index in [2.05, 4.69) is 32.8 Å². The Balaban J connectivity index is 2.30. The highest BCUT2D eigenvalue weighted by molar-refractivity contribution is 4.90. The van der Waals surface area contributed by atoms with Gasteiger partial charge < -0.3 is 10.6 Å². The lowest BCUT2D eigenvalue weighted by atomic mass is 9.90. The van der Waals surface area contributed by atoms with Gasteiger partial charge in [-0.05, 0) is 46.7 Å². The predicted molar refractivity (Wildman–Crippen MR) is 57.7 cm³/mol. The van der Waals surface area contributed by atoms with Crippen LogP contribution in [0.4, 0.5) is 0 Å². The van der Waals surface area contributed by atoms with Crippen LogP contribution in [0.2, 0.25) is 0 Å². The highest BCUT2D eigenvalue weighted by Crippen LogP contribution is 2.34. The summed E-state index contributed by atoms with van der Waals surface area (Å²) in [6.07, 6.45) is 5.39. The third kappa shape index (κ3) is 2.96.